The Bertz CT molecular complexity index is 574. The first-order valence-electron chi connectivity index (χ1n) is 7.35. The zero-order valence-corrected chi connectivity index (χ0v) is 13.2. The average Bonchev–Trinajstić information content (AvgIpc) is 3.01. The van der Waals surface area contributed by atoms with Crippen LogP contribution in [-0.2, 0) is 9.59 Å². The van der Waals surface area contributed by atoms with Crippen molar-refractivity contribution in [1.82, 2.24) is 5.32 Å². The molecule has 3 rings (SSSR count). The molecule has 0 spiro atoms. The molecule has 4 nitrogen and oxygen atoms in total. The summed E-state index contributed by atoms with van der Waals surface area (Å²) < 4.78 is 1.04. The number of benzene rings is 1. The molecule has 2 aliphatic rings. The van der Waals surface area contributed by atoms with E-state index in [1.165, 1.54) is 5.56 Å². The van der Waals surface area contributed by atoms with Crippen LogP contribution in [-0.4, -0.2) is 23.0 Å². The van der Waals surface area contributed by atoms with Crippen LogP contribution in [0.5, 0.6) is 0 Å². The molecule has 1 amide bonds. The number of rotatable bonds is 4. The Morgan fingerprint density at radius 3 is 2.71 bits per heavy atom. The van der Waals surface area contributed by atoms with Gasteiger partial charge in [0.1, 0.15) is 0 Å². The lowest BCUT2D eigenvalue weighted by atomic mass is 9.95. The quantitative estimate of drug-likeness (QED) is 0.876. The molecule has 21 heavy (non-hydrogen) atoms. The van der Waals surface area contributed by atoms with E-state index in [-0.39, 0.29) is 17.9 Å². The highest BCUT2D eigenvalue weighted by atomic mass is 79.9. The zero-order chi connectivity index (χ0) is 15.0. The number of carbonyl (C=O) groups is 2. The molecule has 0 bridgehead atoms. The standard InChI is InChI=1S/C16H18BrNO3/c17-10-4-1-3-9(7-10)13-8-14(13)18-15(19)11-5-2-6-12(11)16(20)21/h1,3-4,7,11-14H,2,5-6,8H2,(H,18,19)(H,20,21)/t11?,12?,13-,14+/m0/s1. The van der Waals surface area contributed by atoms with Gasteiger partial charge in [-0.3, -0.25) is 9.59 Å². The summed E-state index contributed by atoms with van der Waals surface area (Å²) in [7, 11) is 0. The van der Waals surface area contributed by atoms with Gasteiger partial charge in [0.25, 0.3) is 0 Å². The van der Waals surface area contributed by atoms with Crippen molar-refractivity contribution in [3.05, 3.63) is 34.3 Å². The summed E-state index contributed by atoms with van der Waals surface area (Å²) >= 11 is 3.45. The summed E-state index contributed by atoms with van der Waals surface area (Å²) in [4.78, 5) is 23.4. The third-order valence-corrected chi connectivity index (χ3v) is 5.06. The van der Waals surface area contributed by atoms with Crippen LogP contribution in [0.4, 0.5) is 0 Å². The van der Waals surface area contributed by atoms with Gasteiger partial charge in [-0.05, 0) is 37.0 Å². The number of hydrogen-bond acceptors (Lipinski definition) is 2. The Kier molecular flexibility index (Phi) is 4.02. The second-order valence-corrected chi connectivity index (χ2v) is 6.91. The molecule has 0 aliphatic heterocycles. The minimum atomic E-state index is -0.841. The monoisotopic (exact) mass is 351 g/mol. The van der Waals surface area contributed by atoms with Gasteiger partial charge in [-0.2, -0.15) is 0 Å². The van der Waals surface area contributed by atoms with E-state index in [1.54, 1.807) is 0 Å². The molecule has 2 aliphatic carbocycles. The van der Waals surface area contributed by atoms with Crippen LogP contribution in [0.25, 0.3) is 0 Å². The van der Waals surface area contributed by atoms with E-state index in [1.807, 2.05) is 12.1 Å². The first-order chi connectivity index (χ1) is 10.1. The van der Waals surface area contributed by atoms with Gasteiger partial charge < -0.3 is 10.4 Å². The number of carbonyl (C=O) groups excluding carboxylic acids is 1. The topological polar surface area (TPSA) is 66.4 Å². The highest BCUT2D eigenvalue weighted by molar-refractivity contribution is 9.10. The minimum absolute atomic E-state index is 0.0811. The molecular weight excluding hydrogens is 334 g/mol. The lowest BCUT2D eigenvalue weighted by molar-refractivity contribution is -0.146. The smallest absolute Gasteiger partial charge is 0.307 e. The first-order valence-corrected chi connectivity index (χ1v) is 8.14. The Hall–Kier alpha value is -1.36. The number of carboxylic acid groups (broad SMARTS) is 1. The van der Waals surface area contributed by atoms with Crippen molar-refractivity contribution >= 4 is 27.8 Å². The van der Waals surface area contributed by atoms with E-state index >= 15 is 0 Å². The lowest BCUT2D eigenvalue weighted by Gasteiger charge is -2.15. The molecule has 0 saturated heterocycles. The van der Waals surface area contributed by atoms with Crippen molar-refractivity contribution in [3.63, 3.8) is 0 Å². The number of carboxylic acids is 1. The fourth-order valence-corrected chi connectivity index (χ4v) is 3.74. The van der Waals surface area contributed by atoms with Gasteiger partial charge >= 0.3 is 5.97 Å². The number of aliphatic carboxylic acids is 1. The summed E-state index contributed by atoms with van der Waals surface area (Å²) in [5.41, 5.74) is 1.22. The predicted molar refractivity (Wildman–Crippen MR) is 81.9 cm³/mol. The Morgan fingerprint density at radius 1 is 1.24 bits per heavy atom. The number of amides is 1. The van der Waals surface area contributed by atoms with Gasteiger partial charge in [0.15, 0.2) is 0 Å². The molecule has 112 valence electrons. The van der Waals surface area contributed by atoms with Gasteiger partial charge in [-0.1, -0.05) is 34.5 Å². The fraction of sp³-hybridized carbons (Fsp3) is 0.500. The molecule has 0 heterocycles. The Labute approximate surface area is 132 Å². The summed E-state index contributed by atoms with van der Waals surface area (Å²) in [5, 5.41) is 12.2. The largest absolute Gasteiger partial charge is 0.481 e. The fourth-order valence-electron chi connectivity index (χ4n) is 3.32. The van der Waals surface area contributed by atoms with Gasteiger partial charge in [-0.15, -0.1) is 0 Å². The number of hydrogen-bond donors (Lipinski definition) is 2. The second-order valence-electron chi connectivity index (χ2n) is 5.99. The molecule has 4 atom stereocenters. The molecule has 0 radical (unpaired) electrons. The van der Waals surface area contributed by atoms with Gasteiger partial charge in [0, 0.05) is 16.4 Å². The number of nitrogens with one attached hydrogen (secondary N) is 1. The molecule has 1 aromatic rings. The molecule has 5 heteroatoms. The van der Waals surface area contributed by atoms with Crippen molar-refractivity contribution in [2.24, 2.45) is 11.8 Å². The predicted octanol–water partition coefficient (Wildman–Crippen LogP) is 2.92. The molecule has 2 unspecified atom stereocenters. The van der Waals surface area contributed by atoms with Crippen LogP contribution in [0.2, 0.25) is 0 Å². The Balaban J connectivity index is 1.59. The lowest BCUT2D eigenvalue weighted by Crippen LogP contribution is -2.36. The molecule has 2 saturated carbocycles. The van der Waals surface area contributed by atoms with Gasteiger partial charge in [0.05, 0.1) is 11.8 Å². The summed E-state index contributed by atoms with van der Waals surface area (Å²) in [5.74, 6) is -1.43. The zero-order valence-electron chi connectivity index (χ0n) is 11.6. The summed E-state index contributed by atoms with van der Waals surface area (Å²) in [6.07, 6.45) is 3.08. The van der Waals surface area contributed by atoms with Crippen molar-refractivity contribution in [2.45, 2.75) is 37.6 Å². The van der Waals surface area contributed by atoms with Crippen LogP contribution in [0, 0.1) is 11.8 Å². The molecular formula is C16H18BrNO3. The Morgan fingerprint density at radius 2 is 2.00 bits per heavy atom. The van der Waals surface area contributed by atoms with E-state index in [0.29, 0.717) is 18.8 Å². The van der Waals surface area contributed by atoms with E-state index in [0.717, 1.165) is 17.3 Å². The molecule has 2 fully saturated rings. The third kappa shape index (κ3) is 3.12. The first kappa shape index (κ1) is 14.6. The SMILES string of the molecule is O=C(O)C1CCCC1C(=O)N[C@@H]1C[C@H]1c1cccc(Br)c1. The highest BCUT2D eigenvalue weighted by Crippen LogP contribution is 2.42. The van der Waals surface area contributed by atoms with E-state index in [2.05, 4.69) is 33.4 Å². The maximum Gasteiger partial charge on any atom is 0.307 e. The summed E-state index contributed by atoms with van der Waals surface area (Å²) in [6.45, 7) is 0. The van der Waals surface area contributed by atoms with E-state index in [9.17, 15) is 9.59 Å². The number of halogens is 1. The van der Waals surface area contributed by atoms with Crippen LogP contribution < -0.4 is 5.32 Å². The van der Waals surface area contributed by atoms with Crippen molar-refractivity contribution in [1.29, 1.82) is 0 Å². The minimum Gasteiger partial charge on any atom is -0.481 e. The van der Waals surface area contributed by atoms with Crippen molar-refractivity contribution in [3.8, 4) is 0 Å². The van der Waals surface area contributed by atoms with Crippen molar-refractivity contribution in [2.75, 3.05) is 0 Å². The van der Waals surface area contributed by atoms with Crippen LogP contribution in [0.15, 0.2) is 28.7 Å². The molecule has 0 aromatic heterocycles. The average molecular weight is 352 g/mol. The van der Waals surface area contributed by atoms with Crippen LogP contribution in [0.1, 0.15) is 37.2 Å². The summed E-state index contributed by atoms with van der Waals surface area (Å²) in [6, 6.07) is 8.27. The maximum absolute atomic E-state index is 12.3. The van der Waals surface area contributed by atoms with E-state index in [4.69, 9.17) is 5.11 Å². The second kappa shape index (κ2) is 5.79. The van der Waals surface area contributed by atoms with Crippen LogP contribution in [0.3, 0.4) is 0 Å². The van der Waals surface area contributed by atoms with Crippen molar-refractivity contribution < 1.29 is 14.7 Å². The van der Waals surface area contributed by atoms with Crippen LogP contribution >= 0.6 is 15.9 Å². The molecule has 2 N–H and O–H groups in total. The molecule has 1 aromatic carbocycles. The maximum atomic E-state index is 12.3. The van der Waals surface area contributed by atoms with Gasteiger partial charge in [0.2, 0.25) is 5.91 Å². The normalized spacial score (nSPS) is 30.9. The highest BCUT2D eigenvalue weighted by Gasteiger charge is 2.43. The third-order valence-electron chi connectivity index (χ3n) is 4.56. The van der Waals surface area contributed by atoms with E-state index < -0.39 is 11.9 Å². The van der Waals surface area contributed by atoms with Gasteiger partial charge in [-0.25, -0.2) is 0 Å².